The molecule has 0 aliphatic carbocycles. The quantitative estimate of drug-likeness (QED) is 0.466. The number of thioether (sulfide) groups is 1. The third kappa shape index (κ3) is 5.47. The molecule has 0 saturated carbocycles. The number of para-hydroxylation sites is 1. The Morgan fingerprint density at radius 2 is 1.86 bits per heavy atom. The van der Waals surface area contributed by atoms with E-state index in [-0.39, 0.29) is 18.0 Å². The van der Waals surface area contributed by atoms with Gasteiger partial charge in [-0.2, -0.15) is 0 Å². The highest BCUT2D eigenvalue weighted by molar-refractivity contribution is 7.99. The summed E-state index contributed by atoms with van der Waals surface area (Å²) in [5.41, 5.74) is 2.12. The fraction of sp³-hybridized carbons (Fsp3) is 0.190. The highest BCUT2D eigenvalue weighted by Gasteiger charge is 2.13. The number of carbonyl (C=O) groups excluding carboxylic acids is 1. The normalized spacial score (nSPS) is 10.6. The SMILES string of the molecule is Cc1cc(=O)n(CC(=O)Nc2ccccc2Cl)c(SCCc2ccccc2)n1. The third-order valence-electron chi connectivity index (χ3n) is 4.02. The summed E-state index contributed by atoms with van der Waals surface area (Å²) in [5, 5.41) is 3.73. The van der Waals surface area contributed by atoms with Gasteiger partial charge in [0.15, 0.2) is 5.16 Å². The standard InChI is InChI=1S/C21H20ClN3O2S/c1-15-13-20(27)25(14-19(26)24-18-10-6-5-9-17(18)22)21(23-15)28-12-11-16-7-3-2-4-8-16/h2-10,13H,11-12,14H2,1H3,(H,24,26). The summed E-state index contributed by atoms with van der Waals surface area (Å²) in [5.74, 6) is 0.428. The van der Waals surface area contributed by atoms with Crippen LogP contribution >= 0.6 is 23.4 Å². The van der Waals surface area contributed by atoms with E-state index in [1.165, 1.54) is 28.0 Å². The number of carbonyl (C=O) groups is 1. The molecule has 5 nitrogen and oxygen atoms in total. The molecule has 1 aromatic heterocycles. The van der Waals surface area contributed by atoms with Crippen molar-refractivity contribution < 1.29 is 4.79 Å². The Morgan fingerprint density at radius 1 is 1.14 bits per heavy atom. The van der Waals surface area contributed by atoms with Crippen LogP contribution in [0.5, 0.6) is 0 Å². The molecule has 0 atom stereocenters. The first-order valence-electron chi connectivity index (χ1n) is 8.82. The topological polar surface area (TPSA) is 64.0 Å². The lowest BCUT2D eigenvalue weighted by Gasteiger charge is -2.13. The van der Waals surface area contributed by atoms with Gasteiger partial charge >= 0.3 is 0 Å². The molecule has 7 heteroatoms. The maximum absolute atomic E-state index is 12.5. The molecule has 0 radical (unpaired) electrons. The van der Waals surface area contributed by atoms with Gasteiger partial charge in [0.05, 0.1) is 10.7 Å². The largest absolute Gasteiger partial charge is 0.323 e. The minimum atomic E-state index is -0.328. The van der Waals surface area contributed by atoms with Crippen LogP contribution in [0, 0.1) is 6.92 Å². The Kier molecular flexibility index (Phi) is 6.90. The highest BCUT2D eigenvalue weighted by atomic mass is 35.5. The Balaban J connectivity index is 1.72. The predicted molar refractivity (Wildman–Crippen MR) is 114 cm³/mol. The summed E-state index contributed by atoms with van der Waals surface area (Å²) < 4.78 is 1.40. The Hall–Kier alpha value is -2.57. The summed E-state index contributed by atoms with van der Waals surface area (Å²) in [7, 11) is 0. The molecule has 1 N–H and O–H groups in total. The summed E-state index contributed by atoms with van der Waals surface area (Å²) in [6.07, 6.45) is 0.848. The average Bonchev–Trinajstić information content (AvgIpc) is 2.67. The van der Waals surface area contributed by atoms with Crippen LogP contribution in [0.15, 0.2) is 70.6 Å². The van der Waals surface area contributed by atoms with Crippen LogP contribution < -0.4 is 10.9 Å². The number of hydrogen-bond donors (Lipinski definition) is 1. The van der Waals surface area contributed by atoms with E-state index in [0.717, 1.165) is 12.2 Å². The van der Waals surface area contributed by atoms with E-state index in [9.17, 15) is 9.59 Å². The van der Waals surface area contributed by atoms with Gasteiger partial charge in [0.1, 0.15) is 6.54 Å². The fourth-order valence-electron chi connectivity index (χ4n) is 2.65. The molecule has 3 aromatic rings. The fourth-order valence-corrected chi connectivity index (χ4v) is 3.87. The van der Waals surface area contributed by atoms with Crippen molar-refractivity contribution in [2.24, 2.45) is 0 Å². The summed E-state index contributed by atoms with van der Waals surface area (Å²) in [6, 6.07) is 18.5. The highest BCUT2D eigenvalue weighted by Crippen LogP contribution is 2.21. The van der Waals surface area contributed by atoms with Gasteiger partial charge in [-0.1, -0.05) is 65.8 Å². The lowest BCUT2D eigenvalue weighted by Crippen LogP contribution is -2.29. The van der Waals surface area contributed by atoms with Gasteiger partial charge in [-0.25, -0.2) is 4.98 Å². The minimum Gasteiger partial charge on any atom is -0.323 e. The maximum Gasteiger partial charge on any atom is 0.254 e. The van der Waals surface area contributed by atoms with Crippen LogP contribution in [0.1, 0.15) is 11.3 Å². The van der Waals surface area contributed by atoms with Gasteiger partial charge in [0, 0.05) is 17.5 Å². The molecule has 2 aromatic carbocycles. The number of rotatable bonds is 7. The van der Waals surface area contributed by atoms with Gasteiger partial charge in [0.25, 0.3) is 5.56 Å². The lowest BCUT2D eigenvalue weighted by atomic mass is 10.2. The monoisotopic (exact) mass is 413 g/mol. The van der Waals surface area contributed by atoms with E-state index in [2.05, 4.69) is 22.4 Å². The van der Waals surface area contributed by atoms with Gasteiger partial charge in [0.2, 0.25) is 5.91 Å². The van der Waals surface area contributed by atoms with E-state index < -0.39 is 0 Å². The van der Waals surface area contributed by atoms with Crippen molar-refractivity contribution in [3.63, 3.8) is 0 Å². The van der Waals surface area contributed by atoms with Crippen molar-refractivity contribution in [2.75, 3.05) is 11.1 Å². The number of nitrogens with zero attached hydrogens (tertiary/aromatic N) is 2. The zero-order valence-corrected chi connectivity index (χ0v) is 17.0. The molecule has 28 heavy (non-hydrogen) atoms. The van der Waals surface area contributed by atoms with Crippen molar-refractivity contribution in [3.05, 3.63) is 87.3 Å². The summed E-state index contributed by atoms with van der Waals surface area (Å²) in [6.45, 7) is 1.65. The molecular weight excluding hydrogens is 394 g/mol. The van der Waals surface area contributed by atoms with E-state index in [1.54, 1.807) is 31.2 Å². The van der Waals surface area contributed by atoms with Crippen LogP contribution in [0.2, 0.25) is 5.02 Å². The van der Waals surface area contributed by atoms with E-state index in [4.69, 9.17) is 11.6 Å². The number of hydrogen-bond acceptors (Lipinski definition) is 4. The van der Waals surface area contributed by atoms with E-state index in [0.29, 0.717) is 21.6 Å². The molecule has 0 spiro atoms. The van der Waals surface area contributed by atoms with Gasteiger partial charge in [-0.15, -0.1) is 0 Å². The van der Waals surface area contributed by atoms with Crippen LogP contribution in [-0.2, 0) is 17.8 Å². The zero-order chi connectivity index (χ0) is 19.9. The molecule has 0 saturated heterocycles. The number of benzene rings is 2. The molecule has 0 bridgehead atoms. The first-order chi connectivity index (χ1) is 13.5. The van der Waals surface area contributed by atoms with E-state index >= 15 is 0 Å². The molecule has 144 valence electrons. The van der Waals surface area contributed by atoms with Gasteiger partial charge in [-0.05, 0) is 31.0 Å². The van der Waals surface area contributed by atoms with E-state index in [1.807, 2.05) is 18.2 Å². The van der Waals surface area contributed by atoms with Crippen LogP contribution in [0.3, 0.4) is 0 Å². The first kappa shape index (κ1) is 20.2. The molecule has 1 heterocycles. The van der Waals surface area contributed by atoms with Crippen molar-refractivity contribution >= 4 is 35.0 Å². The third-order valence-corrected chi connectivity index (χ3v) is 5.32. The Bertz CT molecular complexity index is 1020. The van der Waals surface area contributed by atoms with Crippen LogP contribution in [-0.4, -0.2) is 21.2 Å². The summed E-state index contributed by atoms with van der Waals surface area (Å²) in [4.78, 5) is 29.4. The number of aryl methyl sites for hydroxylation is 2. The second kappa shape index (κ2) is 9.57. The van der Waals surface area contributed by atoms with Crippen molar-refractivity contribution in [2.45, 2.75) is 25.0 Å². The molecule has 0 aliphatic rings. The van der Waals surface area contributed by atoms with Crippen LogP contribution in [0.4, 0.5) is 5.69 Å². The van der Waals surface area contributed by atoms with Crippen molar-refractivity contribution in [3.8, 4) is 0 Å². The summed E-state index contributed by atoms with van der Waals surface area (Å²) >= 11 is 7.55. The average molecular weight is 414 g/mol. The Labute approximate surface area is 172 Å². The Morgan fingerprint density at radius 3 is 2.61 bits per heavy atom. The van der Waals surface area contributed by atoms with Crippen molar-refractivity contribution in [1.29, 1.82) is 0 Å². The van der Waals surface area contributed by atoms with Crippen molar-refractivity contribution in [1.82, 2.24) is 9.55 Å². The van der Waals surface area contributed by atoms with Gasteiger partial charge in [-0.3, -0.25) is 14.2 Å². The second-order valence-electron chi connectivity index (χ2n) is 6.22. The number of aromatic nitrogens is 2. The van der Waals surface area contributed by atoms with Gasteiger partial charge < -0.3 is 5.32 Å². The second-order valence-corrected chi connectivity index (χ2v) is 7.69. The van der Waals surface area contributed by atoms with Crippen LogP contribution in [0.25, 0.3) is 0 Å². The molecule has 1 amide bonds. The lowest BCUT2D eigenvalue weighted by molar-refractivity contribution is -0.116. The smallest absolute Gasteiger partial charge is 0.254 e. The zero-order valence-electron chi connectivity index (χ0n) is 15.4. The molecule has 3 rings (SSSR count). The molecule has 0 unspecified atom stereocenters. The number of amides is 1. The first-order valence-corrected chi connectivity index (χ1v) is 10.2. The maximum atomic E-state index is 12.5. The minimum absolute atomic E-state index is 0.120. The number of nitrogens with one attached hydrogen (secondary N) is 1. The number of anilines is 1. The predicted octanol–water partition coefficient (Wildman–Crippen LogP) is 4.18. The molecule has 0 aliphatic heterocycles. The molecular formula is C21H20ClN3O2S. The molecule has 0 fully saturated rings. The number of halogens is 1.